The molecule has 1 unspecified atom stereocenters. The first-order valence-corrected chi connectivity index (χ1v) is 14.1. The Bertz CT molecular complexity index is 1590. The van der Waals surface area contributed by atoms with E-state index in [0.29, 0.717) is 29.3 Å². The van der Waals surface area contributed by atoms with Gasteiger partial charge in [-0.05, 0) is 52.2 Å². The molecule has 1 atom stereocenters. The summed E-state index contributed by atoms with van der Waals surface area (Å²) in [6.45, 7) is 6.46. The molecule has 0 amide bonds. The highest BCUT2D eigenvalue weighted by Gasteiger charge is 2.22. The number of benzene rings is 1. The number of hydrogen-bond donors (Lipinski definition) is 2. The number of aromatic nitrogens is 6. The Morgan fingerprint density at radius 1 is 1.11 bits per heavy atom. The molecule has 5 rings (SSSR count). The van der Waals surface area contributed by atoms with Crippen molar-refractivity contribution in [3.63, 3.8) is 0 Å². The summed E-state index contributed by atoms with van der Waals surface area (Å²) in [5.41, 5.74) is 0.754. The van der Waals surface area contributed by atoms with E-state index in [4.69, 9.17) is 4.74 Å². The average molecular weight is 547 g/mol. The lowest BCUT2D eigenvalue weighted by Crippen LogP contribution is -2.20. The van der Waals surface area contributed by atoms with Gasteiger partial charge >= 0.3 is 0 Å². The van der Waals surface area contributed by atoms with Crippen LogP contribution in [0.1, 0.15) is 51.1 Å². The van der Waals surface area contributed by atoms with Gasteiger partial charge in [0, 0.05) is 30.7 Å². The number of anilines is 4. The third-order valence-electron chi connectivity index (χ3n) is 6.22. The van der Waals surface area contributed by atoms with E-state index in [1.807, 2.05) is 31.5 Å². The third-order valence-corrected chi connectivity index (χ3v) is 7.31. The Hall–Kier alpha value is -3.65. The van der Waals surface area contributed by atoms with Gasteiger partial charge in [-0.15, -0.1) is 0 Å². The molecule has 1 aliphatic rings. The molecule has 2 N–H and O–H groups in total. The fourth-order valence-electron chi connectivity index (χ4n) is 4.33. The second-order valence-electron chi connectivity index (χ2n) is 9.54. The second-order valence-corrected chi connectivity index (χ2v) is 11.6. The molecular weight excluding hydrogens is 518 g/mol. The fraction of sp³-hybridized carbons (Fsp3) is 0.417. The molecule has 1 fully saturated rings. The normalized spacial score (nSPS) is 16.3. The van der Waals surface area contributed by atoms with Crippen LogP contribution in [0.2, 0.25) is 0 Å². The molecule has 3 aromatic heterocycles. The van der Waals surface area contributed by atoms with Gasteiger partial charge in [0.05, 0.1) is 16.5 Å². The van der Waals surface area contributed by atoms with Crippen molar-refractivity contribution in [1.82, 2.24) is 29.5 Å². The molecule has 14 heteroatoms. The van der Waals surface area contributed by atoms with E-state index in [1.54, 1.807) is 10.9 Å². The summed E-state index contributed by atoms with van der Waals surface area (Å²) in [5.74, 6) is -1.47. The number of fused-ring (bicyclic) bond motifs is 1. The minimum absolute atomic E-state index is 0.0597. The number of aryl methyl sites for hydroxylation is 1. The molecule has 0 spiro atoms. The Morgan fingerprint density at radius 3 is 2.47 bits per heavy atom. The molecule has 1 saturated heterocycles. The van der Waals surface area contributed by atoms with Gasteiger partial charge in [0.15, 0.2) is 39.2 Å². The van der Waals surface area contributed by atoms with Gasteiger partial charge < -0.3 is 15.4 Å². The SMILES string of the molecule is Cc1cc(Nc2nc(Nc3c(F)cc(S(C)(=O)=O)cc3F)nc3c2cnn3C(C)C)nn1C1CCCCO1. The smallest absolute Gasteiger partial charge is 0.231 e. The molecule has 4 heterocycles. The first kappa shape index (κ1) is 26.0. The summed E-state index contributed by atoms with van der Waals surface area (Å²) in [4.78, 5) is 8.43. The topological polar surface area (TPSA) is 129 Å². The summed E-state index contributed by atoms with van der Waals surface area (Å²) in [5, 5.41) is 15.4. The Balaban J connectivity index is 1.54. The van der Waals surface area contributed by atoms with Crippen molar-refractivity contribution in [3.05, 3.63) is 41.7 Å². The van der Waals surface area contributed by atoms with Gasteiger partial charge in [-0.25, -0.2) is 26.6 Å². The van der Waals surface area contributed by atoms with E-state index >= 15 is 0 Å². The summed E-state index contributed by atoms with van der Waals surface area (Å²) >= 11 is 0. The van der Waals surface area contributed by atoms with Gasteiger partial charge in [0.1, 0.15) is 11.5 Å². The van der Waals surface area contributed by atoms with Gasteiger partial charge in [-0.3, -0.25) is 0 Å². The van der Waals surface area contributed by atoms with E-state index in [-0.39, 0.29) is 18.2 Å². The summed E-state index contributed by atoms with van der Waals surface area (Å²) < 4.78 is 62.4. The maximum atomic E-state index is 14.8. The van der Waals surface area contributed by atoms with Crippen LogP contribution in [-0.4, -0.2) is 50.8 Å². The zero-order chi connectivity index (χ0) is 27.2. The molecule has 4 aromatic rings. The minimum atomic E-state index is -3.80. The predicted molar refractivity (Wildman–Crippen MR) is 138 cm³/mol. The number of ether oxygens (including phenoxy) is 1. The summed E-state index contributed by atoms with van der Waals surface area (Å²) in [6.07, 6.45) is 5.28. The van der Waals surface area contributed by atoms with Gasteiger partial charge in [0.2, 0.25) is 5.95 Å². The Kier molecular flexibility index (Phi) is 6.77. The van der Waals surface area contributed by atoms with Crippen LogP contribution >= 0.6 is 0 Å². The molecule has 38 heavy (non-hydrogen) atoms. The maximum absolute atomic E-state index is 14.8. The highest BCUT2D eigenvalue weighted by molar-refractivity contribution is 7.90. The van der Waals surface area contributed by atoms with Crippen molar-refractivity contribution in [2.45, 2.75) is 57.2 Å². The van der Waals surface area contributed by atoms with Crippen LogP contribution in [0.4, 0.5) is 32.1 Å². The van der Waals surface area contributed by atoms with E-state index < -0.39 is 32.1 Å². The molecular formula is C24H28F2N8O3S. The lowest BCUT2D eigenvalue weighted by Gasteiger charge is -2.23. The van der Waals surface area contributed by atoms with Crippen LogP contribution < -0.4 is 10.6 Å². The quantitative estimate of drug-likeness (QED) is 0.336. The van der Waals surface area contributed by atoms with Crippen LogP contribution in [0.3, 0.4) is 0 Å². The van der Waals surface area contributed by atoms with Crippen molar-refractivity contribution in [2.24, 2.45) is 0 Å². The first-order valence-electron chi connectivity index (χ1n) is 12.2. The average Bonchev–Trinajstić information content (AvgIpc) is 3.44. The van der Waals surface area contributed by atoms with Crippen LogP contribution in [0.15, 0.2) is 29.3 Å². The number of nitrogens with zero attached hydrogens (tertiary/aromatic N) is 6. The van der Waals surface area contributed by atoms with Crippen LogP contribution in [-0.2, 0) is 14.6 Å². The standard InChI is InChI=1S/C24H28F2N8O3S/c1-13(2)33-23-16(12-27-33)22(28-19-9-14(3)34(32-19)20-7-5-6-8-37-20)30-24(31-23)29-21-17(25)10-15(11-18(21)26)38(4,35)36/h9-13,20H,5-8H2,1-4H3,(H2,28,29,30,31,32). The van der Waals surface area contributed by atoms with Crippen molar-refractivity contribution in [2.75, 3.05) is 23.5 Å². The highest BCUT2D eigenvalue weighted by Crippen LogP contribution is 2.31. The predicted octanol–water partition coefficient (Wildman–Crippen LogP) is 4.78. The van der Waals surface area contributed by atoms with Gasteiger partial charge in [0.25, 0.3) is 0 Å². The maximum Gasteiger partial charge on any atom is 0.231 e. The first-order chi connectivity index (χ1) is 18.0. The van der Waals surface area contributed by atoms with Crippen molar-refractivity contribution in [3.8, 4) is 0 Å². The molecule has 11 nitrogen and oxygen atoms in total. The molecule has 0 radical (unpaired) electrons. The fourth-order valence-corrected chi connectivity index (χ4v) is 4.96. The second kappa shape index (κ2) is 9.91. The lowest BCUT2D eigenvalue weighted by atomic mass is 10.2. The van der Waals surface area contributed by atoms with Crippen LogP contribution in [0, 0.1) is 18.6 Å². The molecule has 202 valence electrons. The molecule has 1 aliphatic heterocycles. The Morgan fingerprint density at radius 2 is 1.84 bits per heavy atom. The summed E-state index contributed by atoms with van der Waals surface area (Å²) in [6, 6.07) is 3.30. The highest BCUT2D eigenvalue weighted by atomic mass is 32.2. The largest absolute Gasteiger partial charge is 0.357 e. The van der Waals surface area contributed by atoms with E-state index in [9.17, 15) is 17.2 Å². The zero-order valence-corrected chi connectivity index (χ0v) is 22.2. The molecule has 0 saturated carbocycles. The van der Waals surface area contributed by atoms with Gasteiger partial charge in [-0.1, -0.05) is 0 Å². The van der Waals surface area contributed by atoms with Crippen molar-refractivity contribution < 1.29 is 21.9 Å². The number of sulfone groups is 1. The lowest BCUT2D eigenvalue weighted by molar-refractivity contribution is -0.0404. The molecule has 1 aromatic carbocycles. The molecule has 0 bridgehead atoms. The monoisotopic (exact) mass is 546 g/mol. The van der Waals surface area contributed by atoms with Gasteiger partial charge in [-0.2, -0.15) is 20.2 Å². The van der Waals surface area contributed by atoms with E-state index in [0.717, 1.165) is 43.3 Å². The summed E-state index contributed by atoms with van der Waals surface area (Å²) in [7, 11) is -3.80. The number of nitrogens with one attached hydrogen (secondary N) is 2. The molecule has 0 aliphatic carbocycles. The minimum Gasteiger partial charge on any atom is -0.357 e. The zero-order valence-electron chi connectivity index (χ0n) is 21.4. The van der Waals surface area contributed by atoms with E-state index in [1.165, 1.54) is 0 Å². The van der Waals surface area contributed by atoms with Crippen molar-refractivity contribution >= 4 is 44.1 Å². The number of halogens is 2. The Labute approximate surface area is 218 Å². The number of hydrogen-bond acceptors (Lipinski definition) is 9. The van der Waals surface area contributed by atoms with Crippen LogP contribution in [0.5, 0.6) is 0 Å². The third kappa shape index (κ3) is 5.05. The number of rotatable bonds is 7. The van der Waals surface area contributed by atoms with Crippen molar-refractivity contribution in [1.29, 1.82) is 0 Å². The van der Waals surface area contributed by atoms with Crippen LogP contribution in [0.25, 0.3) is 11.0 Å². The van der Waals surface area contributed by atoms with E-state index in [2.05, 4.69) is 30.8 Å².